The van der Waals surface area contributed by atoms with Crippen molar-refractivity contribution in [1.29, 1.82) is 0 Å². The summed E-state index contributed by atoms with van der Waals surface area (Å²) < 4.78 is 12.1. The van der Waals surface area contributed by atoms with Crippen LogP contribution >= 0.6 is 15.9 Å². The van der Waals surface area contributed by atoms with Gasteiger partial charge in [0.15, 0.2) is 0 Å². The largest absolute Gasteiger partial charge is 0.496 e. The van der Waals surface area contributed by atoms with Crippen molar-refractivity contribution in [3.8, 4) is 11.5 Å². The maximum absolute atomic E-state index is 5.52. The lowest BCUT2D eigenvalue weighted by molar-refractivity contribution is 0.419. The van der Waals surface area contributed by atoms with E-state index in [0.717, 1.165) is 49.0 Å². The van der Waals surface area contributed by atoms with Crippen LogP contribution < -0.4 is 9.47 Å². The first-order valence-electron chi connectivity index (χ1n) is 11.4. The van der Waals surface area contributed by atoms with Gasteiger partial charge in [0.05, 0.1) is 14.2 Å². The fourth-order valence-electron chi connectivity index (χ4n) is 4.25. The Kier molecular flexibility index (Phi) is 6.69. The molecule has 0 heterocycles. The molecule has 0 aliphatic rings. The Morgan fingerprint density at radius 3 is 1.54 bits per heavy atom. The predicted octanol–water partition coefficient (Wildman–Crippen LogP) is 9.11. The number of halogens is 1. The molecule has 172 valence electrons. The highest BCUT2D eigenvalue weighted by Gasteiger charge is 2.03. The highest BCUT2D eigenvalue weighted by Crippen LogP contribution is 2.29. The molecule has 0 aliphatic heterocycles. The second-order valence-corrected chi connectivity index (χ2v) is 9.18. The molecule has 0 bridgehead atoms. The van der Waals surface area contributed by atoms with Gasteiger partial charge in [-0.25, -0.2) is 0 Å². The van der Waals surface area contributed by atoms with Gasteiger partial charge in [-0.1, -0.05) is 101 Å². The minimum Gasteiger partial charge on any atom is -0.496 e. The SMILES string of the molecule is COc1cccc2ccc(/C=C/c3ccc(/C=C/c4ccc5cccc(OC)c5c4)c(Br)c3)cc12. The quantitative estimate of drug-likeness (QED) is 0.208. The van der Waals surface area contributed by atoms with E-state index >= 15 is 0 Å². The van der Waals surface area contributed by atoms with E-state index in [0.29, 0.717) is 0 Å². The zero-order valence-electron chi connectivity index (χ0n) is 19.7. The molecule has 0 spiro atoms. The van der Waals surface area contributed by atoms with Crippen LogP contribution in [0.5, 0.6) is 11.5 Å². The van der Waals surface area contributed by atoms with Crippen molar-refractivity contribution in [2.45, 2.75) is 0 Å². The second kappa shape index (κ2) is 10.2. The van der Waals surface area contributed by atoms with Crippen LogP contribution in [0.4, 0.5) is 0 Å². The van der Waals surface area contributed by atoms with Gasteiger partial charge in [0.2, 0.25) is 0 Å². The Labute approximate surface area is 214 Å². The van der Waals surface area contributed by atoms with Gasteiger partial charge >= 0.3 is 0 Å². The number of fused-ring (bicyclic) bond motifs is 2. The topological polar surface area (TPSA) is 18.5 Å². The maximum atomic E-state index is 5.52. The Hall–Kier alpha value is -3.82. The van der Waals surface area contributed by atoms with Gasteiger partial charge < -0.3 is 9.47 Å². The number of hydrogen-bond acceptors (Lipinski definition) is 2. The molecule has 5 rings (SSSR count). The molecular weight excluding hydrogens is 496 g/mol. The molecule has 5 aromatic carbocycles. The third-order valence-electron chi connectivity index (χ3n) is 6.12. The minimum atomic E-state index is 0.889. The minimum absolute atomic E-state index is 0.889. The summed E-state index contributed by atoms with van der Waals surface area (Å²) in [7, 11) is 3.42. The lowest BCUT2D eigenvalue weighted by Crippen LogP contribution is -1.85. The van der Waals surface area contributed by atoms with E-state index in [-0.39, 0.29) is 0 Å². The van der Waals surface area contributed by atoms with Crippen LogP contribution in [0.3, 0.4) is 0 Å². The monoisotopic (exact) mass is 520 g/mol. The van der Waals surface area contributed by atoms with Gasteiger partial charge in [-0.2, -0.15) is 0 Å². The fraction of sp³-hybridized carbons (Fsp3) is 0.0625. The Morgan fingerprint density at radius 2 is 1.03 bits per heavy atom. The average Bonchev–Trinajstić information content (AvgIpc) is 2.90. The third kappa shape index (κ3) is 5.01. The number of ether oxygens (including phenoxy) is 2. The molecule has 2 nitrogen and oxygen atoms in total. The summed E-state index contributed by atoms with van der Waals surface area (Å²) in [6, 6.07) is 31.5. The lowest BCUT2D eigenvalue weighted by atomic mass is 10.0. The molecule has 0 saturated carbocycles. The van der Waals surface area contributed by atoms with E-state index in [4.69, 9.17) is 9.47 Å². The van der Waals surface area contributed by atoms with Gasteiger partial charge in [0.25, 0.3) is 0 Å². The molecule has 0 atom stereocenters. The lowest BCUT2D eigenvalue weighted by Gasteiger charge is -2.06. The first-order valence-corrected chi connectivity index (χ1v) is 12.2. The summed E-state index contributed by atoms with van der Waals surface area (Å²) in [6.07, 6.45) is 8.52. The van der Waals surface area contributed by atoms with E-state index in [1.807, 2.05) is 24.3 Å². The number of rotatable bonds is 6. The van der Waals surface area contributed by atoms with Crippen molar-refractivity contribution in [3.63, 3.8) is 0 Å². The summed E-state index contributed by atoms with van der Waals surface area (Å²) in [4.78, 5) is 0. The van der Waals surface area contributed by atoms with Gasteiger partial charge in [-0.15, -0.1) is 0 Å². The molecule has 0 saturated heterocycles. The van der Waals surface area contributed by atoms with Crippen LogP contribution in [0.2, 0.25) is 0 Å². The molecule has 0 amide bonds. The van der Waals surface area contributed by atoms with Gasteiger partial charge in [-0.05, 0) is 63.4 Å². The van der Waals surface area contributed by atoms with Crippen molar-refractivity contribution in [3.05, 3.63) is 118 Å². The molecule has 0 aromatic heterocycles. The highest BCUT2D eigenvalue weighted by atomic mass is 79.9. The Balaban J connectivity index is 1.36. The molecule has 0 N–H and O–H groups in total. The second-order valence-electron chi connectivity index (χ2n) is 8.33. The number of hydrogen-bond donors (Lipinski definition) is 0. The van der Waals surface area contributed by atoms with Crippen molar-refractivity contribution < 1.29 is 9.47 Å². The van der Waals surface area contributed by atoms with Crippen molar-refractivity contribution in [1.82, 2.24) is 0 Å². The summed E-state index contributed by atoms with van der Waals surface area (Å²) in [6.45, 7) is 0. The first-order chi connectivity index (χ1) is 17.1. The van der Waals surface area contributed by atoms with Crippen molar-refractivity contribution >= 4 is 61.8 Å². The summed E-state index contributed by atoms with van der Waals surface area (Å²) >= 11 is 3.74. The van der Waals surface area contributed by atoms with E-state index in [9.17, 15) is 0 Å². The summed E-state index contributed by atoms with van der Waals surface area (Å²) in [5.74, 6) is 1.78. The fourth-order valence-corrected chi connectivity index (χ4v) is 4.78. The number of methoxy groups -OCH3 is 2. The molecule has 0 fully saturated rings. The molecule has 0 radical (unpaired) electrons. The molecule has 5 aromatic rings. The van der Waals surface area contributed by atoms with E-state index in [1.165, 1.54) is 10.8 Å². The Morgan fingerprint density at radius 1 is 0.543 bits per heavy atom. The normalized spacial score (nSPS) is 11.6. The average molecular weight is 521 g/mol. The standard InChI is InChI=1S/C32H25BrO2/c1-34-31-7-3-5-25-15-11-22(19-28(25)31)9-10-24-14-18-27(30(33)21-24)17-13-23-12-16-26-6-4-8-32(35-2)29(26)20-23/h3-21H,1-2H3/b10-9+,17-13+. The van der Waals surface area contributed by atoms with E-state index in [2.05, 4.69) is 107 Å². The smallest absolute Gasteiger partial charge is 0.126 e. The van der Waals surface area contributed by atoms with Crippen LogP contribution in [0.25, 0.3) is 45.8 Å². The van der Waals surface area contributed by atoms with Crippen LogP contribution in [0.1, 0.15) is 22.3 Å². The molecule has 0 aliphatic carbocycles. The van der Waals surface area contributed by atoms with Crippen LogP contribution in [-0.4, -0.2) is 14.2 Å². The van der Waals surface area contributed by atoms with E-state index in [1.54, 1.807) is 14.2 Å². The van der Waals surface area contributed by atoms with E-state index < -0.39 is 0 Å². The molecule has 0 unspecified atom stereocenters. The molecular formula is C32H25BrO2. The predicted molar refractivity (Wildman–Crippen MR) is 153 cm³/mol. The molecule has 3 heteroatoms. The van der Waals surface area contributed by atoms with Gasteiger partial charge in [0, 0.05) is 15.2 Å². The highest BCUT2D eigenvalue weighted by molar-refractivity contribution is 9.10. The van der Waals surface area contributed by atoms with Gasteiger partial charge in [0.1, 0.15) is 11.5 Å². The Bertz CT molecular complexity index is 1580. The van der Waals surface area contributed by atoms with Crippen LogP contribution in [-0.2, 0) is 0 Å². The van der Waals surface area contributed by atoms with Crippen molar-refractivity contribution in [2.75, 3.05) is 14.2 Å². The molecule has 35 heavy (non-hydrogen) atoms. The summed E-state index contributed by atoms with van der Waals surface area (Å²) in [5, 5.41) is 4.57. The first kappa shape index (κ1) is 22.9. The zero-order valence-corrected chi connectivity index (χ0v) is 21.3. The number of benzene rings is 5. The van der Waals surface area contributed by atoms with Crippen LogP contribution in [0.15, 0.2) is 95.5 Å². The maximum Gasteiger partial charge on any atom is 0.126 e. The summed E-state index contributed by atoms with van der Waals surface area (Å²) in [5.41, 5.74) is 4.51. The van der Waals surface area contributed by atoms with Crippen molar-refractivity contribution in [2.24, 2.45) is 0 Å². The van der Waals surface area contributed by atoms with Gasteiger partial charge in [-0.3, -0.25) is 0 Å². The van der Waals surface area contributed by atoms with Crippen LogP contribution in [0, 0.1) is 0 Å². The third-order valence-corrected chi connectivity index (χ3v) is 6.81. The zero-order chi connectivity index (χ0) is 24.2.